The van der Waals surface area contributed by atoms with E-state index < -0.39 is 28.6 Å². The fourth-order valence-corrected chi connectivity index (χ4v) is 3.95. The van der Waals surface area contributed by atoms with Gasteiger partial charge in [0.1, 0.15) is 10.6 Å². The molecule has 26 heavy (non-hydrogen) atoms. The number of carbonyl (C=O) groups excluding carboxylic acids is 2. The van der Waals surface area contributed by atoms with Gasteiger partial charge in [-0.3, -0.25) is 9.00 Å². The highest BCUT2D eigenvalue weighted by atomic mass is 32.2. The highest BCUT2D eigenvalue weighted by Gasteiger charge is 2.17. The third kappa shape index (κ3) is 5.20. The molecule has 0 aliphatic carbocycles. The van der Waals surface area contributed by atoms with Gasteiger partial charge in [-0.05, 0) is 24.6 Å². The van der Waals surface area contributed by atoms with Crippen LogP contribution in [-0.2, 0) is 26.1 Å². The van der Waals surface area contributed by atoms with Crippen LogP contribution < -0.4 is 5.32 Å². The molecule has 0 spiro atoms. The van der Waals surface area contributed by atoms with Crippen LogP contribution >= 0.6 is 11.3 Å². The maximum absolute atomic E-state index is 12.1. The highest BCUT2D eigenvalue weighted by Crippen LogP contribution is 2.23. The molecule has 1 amide bonds. The zero-order chi connectivity index (χ0) is 19.3. The molecule has 8 nitrogen and oxygen atoms in total. The lowest BCUT2D eigenvalue weighted by Crippen LogP contribution is -2.20. The van der Waals surface area contributed by atoms with Gasteiger partial charge in [0.05, 0.1) is 18.4 Å². The van der Waals surface area contributed by atoms with Crippen molar-refractivity contribution in [1.29, 1.82) is 0 Å². The standard InChI is InChI=1S/C16H16N2O6S2/c1-9-13(15(22)24-2)25-16(17-9)18-12(19)8-26(23)7-10-3-5-11(6-4-10)14(20)21/h3-6H,7-8H2,1-2H3,(H,20,21)(H,17,18,19). The number of hydrogen-bond donors (Lipinski definition) is 2. The average molecular weight is 396 g/mol. The topological polar surface area (TPSA) is 123 Å². The van der Waals surface area contributed by atoms with Crippen LogP contribution in [-0.4, -0.2) is 45.0 Å². The number of nitrogens with zero attached hydrogens (tertiary/aromatic N) is 1. The highest BCUT2D eigenvalue weighted by molar-refractivity contribution is 7.84. The van der Waals surface area contributed by atoms with Crippen molar-refractivity contribution in [2.45, 2.75) is 12.7 Å². The van der Waals surface area contributed by atoms with Gasteiger partial charge < -0.3 is 15.2 Å². The van der Waals surface area contributed by atoms with E-state index >= 15 is 0 Å². The number of rotatable bonds is 7. The zero-order valence-corrected chi connectivity index (χ0v) is 15.6. The van der Waals surface area contributed by atoms with Crippen molar-refractivity contribution in [3.8, 4) is 0 Å². The van der Waals surface area contributed by atoms with Crippen LogP contribution in [0.25, 0.3) is 0 Å². The minimum absolute atomic E-state index is 0.123. The van der Waals surface area contributed by atoms with E-state index in [1.54, 1.807) is 19.1 Å². The summed E-state index contributed by atoms with van der Waals surface area (Å²) >= 11 is 0.984. The van der Waals surface area contributed by atoms with Gasteiger partial charge in [0.15, 0.2) is 5.13 Å². The second-order valence-corrected chi connectivity index (χ2v) is 7.66. The molecule has 2 rings (SSSR count). The van der Waals surface area contributed by atoms with E-state index in [4.69, 9.17) is 5.11 Å². The largest absolute Gasteiger partial charge is 0.478 e. The second kappa shape index (κ2) is 8.68. The number of aryl methyl sites for hydroxylation is 1. The molecular weight excluding hydrogens is 380 g/mol. The van der Waals surface area contributed by atoms with Crippen molar-refractivity contribution in [2.24, 2.45) is 0 Å². The van der Waals surface area contributed by atoms with Crippen molar-refractivity contribution < 1.29 is 28.4 Å². The normalized spacial score (nSPS) is 11.6. The maximum Gasteiger partial charge on any atom is 0.350 e. The maximum atomic E-state index is 12.1. The number of aromatic nitrogens is 1. The second-order valence-electron chi connectivity index (χ2n) is 5.20. The number of esters is 1. The van der Waals surface area contributed by atoms with Crippen LogP contribution in [0, 0.1) is 6.92 Å². The molecule has 2 aromatic rings. The number of anilines is 1. The monoisotopic (exact) mass is 396 g/mol. The van der Waals surface area contributed by atoms with E-state index in [-0.39, 0.29) is 22.2 Å². The Labute approximate surface area is 155 Å². The molecule has 0 saturated heterocycles. The number of aromatic carboxylic acids is 1. The number of carbonyl (C=O) groups is 3. The summed E-state index contributed by atoms with van der Waals surface area (Å²) in [6, 6.07) is 5.96. The molecule has 10 heteroatoms. The lowest BCUT2D eigenvalue weighted by atomic mass is 10.1. The summed E-state index contributed by atoms with van der Waals surface area (Å²) in [6.07, 6.45) is 0. The number of benzene rings is 1. The summed E-state index contributed by atoms with van der Waals surface area (Å²) in [5, 5.41) is 11.6. The minimum atomic E-state index is -1.48. The molecule has 1 heterocycles. The Kier molecular flexibility index (Phi) is 6.58. The Morgan fingerprint density at radius 2 is 1.92 bits per heavy atom. The van der Waals surface area contributed by atoms with Gasteiger partial charge in [-0.2, -0.15) is 0 Å². The van der Waals surface area contributed by atoms with Gasteiger partial charge in [-0.15, -0.1) is 0 Å². The lowest BCUT2D eigenvalue weighted by molar-refractivity contribution is -0.113. The number of thiazole rings is 1. The first-order valence-electron chi connectivity index (χ1n) is 7.33. The Hall–Kier alpha value is -2.59. The number of methoxy groups -OCH3 is 1. The molecule has 0 aliphatic rings. The lowest BCUT2D eigenvalue weighted by Gasteiger charge is -2.04. The minimum Gasteiger partial charge on any atom is -0.478 e. The molecule has 1 unspecified atom stereocenters. The summed E-state index contributed by atoms with van der Waals surface area (Å²) in [4.78, 5) is 38.7. The molecule has 1 aromatic carbocycles. The van der Waals surface area contributed by atoms with Crippen LogP contribution in [0.4, 0.5) is 5.13 Å². The molecule has 2 N–H and O–H groups in total. The Morgan fingerprint density at radius 1 is 1.27 bits per heavy atom. The Bertz CT molecular complexity index is 860. The molecule has 1 aromatic heterocycles. The van der Waals surface area contributed by atoms with Crippen molar-refractivity contribution in [3.05, 3.63) is 46.0 Å². The van der Waals surface area contributed by atoms with E-state index in [2.05, 4.69) is 15.0 Å². The molecule has 0 bridgehead atoms. The van der Waals surface area contributed by atoms with Crippen LogP contribution in [0.15, 0.2) is 24.3 Å². The van der Waals surface area contributed by atoms with Gasteiger partial charge in [0, 0.05) is 16.6 Å². The smallest absolute Gasteiger partial charge is 0.350 e. The Morgan fingerprint density at radius 3 is 2.50 bits per heavy atom. The predicted molar refractivity (Wildman–Crippen MR) is 96.9 cm³/mol. The van der Waals surface area contributed by atoms with Crippen molar-refractivity contribution >= 4 is 45.1 Å². The number of carboxylic acids is 1. The molecule has 0 radical (unpaired) electrons. The van der Waals surface area contributed by atoms with E-state index in [1.165, 1.54) is 19.2 Å². The first-order chi connectivity index (χ1) is 12.3. The van der Waals surface area contributed by atoms with Gasteiger partial charge in [-0.25, -0.2) is 14.6 Å². The summed E-state index contributed by atoms with van der Waals surface area (Å²) in [6.45, 7) is 1.62. The van der Waals surface area contributed by atoms with Crippen molar-refractivity contribution in [1.82, 2.24) is 4.98 Å². The average Bonchev–Trinajstić information content (AvgIpc) is 2.94. The molecule has 0 saturated carbocycles. The van der Waals surface area contributed by atoms with Gasteiger partial charge in [0.25, 0.3) is 0 Å². The first kappa shape index (κ1) is 19.7. The number of carboxylic acid groups (broad SMARTS) is 1. The van der Waals surface area contributed by atoms with Crippen LogP contribution in [0.5, 0.6) is 0 Å². The van der Waals surface area contributed by atoms with Gasteiger partial charge >= 0.3 is 11.9 Å². The quantitative estimate of drug-likeness (QED) is 0.684. The SMILES string of the molecule is COC(=O)c1sc(NC(=O)CS(=O)Cc2ccc(C(=O)O)cc2)nc1C. The number of ether oxygens (including phenoxy) is 1. The molecule has 1 atom stereocenters. The van der Waals surface area contributed by atoms with Crippen molar-refractivity contribution in [2.75, 3.05) is 18.2 Å². The van der Waals surface area contributed by atoms with Crippen molar-refractivity contribution in [3.63, 3.8) is 0 Å². The number of hydrogen-bond acceptors (Lipinski definition) is 7. The summed E-state index contributed by atoms with van der Waals surface area (Å²) < 4.78 is 16.7. The molecular formula is C16H16N2O6S2. The van der Waals surface area contributed by atoms with Crippen LogP contribution in [0.3, 0.4) is 0 Å². The number of amides is 1. The number of nitrogens with one attached hydrogen (secondary N) is 1. The van der Waals surface area contributed by atoms with E-state index in [0.717, 1.165) is 11.3 Å². The predicted octanol–water partition coefficient (Wildman–Crippen LogP) is 1.82. The van der Waals surface area contributed by atoms with E-state index in [9.17, 15) is 18.6 Å². The van der Waals surface area contributed by atoms with Gasteiger partial charge in [0.2, 0.25) is 5.91 Å². The first-order valence-corrected chi connectivity index (χ1v) is 9.63. The Balaban J connectivity index is 1.92. The van der Waals surface area contributed by atoms with Crippen LogP contribution in [0.1, 0.15) is 31.3 Å². The molecule has 0 aliphatic heterocycles. The third-order valence-corrected chi connectivity index (χ3v) is 5.53. The molecule has 0 fully saturated rings. The fraction of sp³-hybridized carbons (Fsp3) is 0.250. The fourth-order valence-electron chi connectivity index (χ4n) is 2.01. The van der Waals surface area contributed by atoms with Crippen LogP contribution in [0.2, 0.25) is 0 Å². The molecule has 138 valence electrons. The summed E-state index contributed by atoms with van der Waals surface area (Å²) in [5.74, 6) is -2.18. The van der Waals surface area contributed by atoms with Gasteiger partial charge in [-0.1, -0.05) is 23.5 Å². The van der Waals surface area contributed by atoms with E-state index in [0.29, 0.717) is 16.1 Å². The third-order valence-electron chi connectivity index (χ3n) is 3.23. The van der Waals surface area contributed by atoms with E-state index in [1.807, 2.05) is 0 Å². The summed E-state index contributed by atoms with van der Waals surface area (Å²) in [5.41, 5.74) is 1.24. The summed E-state index contributed by atoms with van der Waals surface area (Å²) in [7, 11) is -0.219. The zero-order valence-electron chi connectivity index (χ0n) is 14.0.